The molecule has 0 saturated carbocycles. The minimum absolute atomic E-state index is 0.0733. The standard InChI is InChI=1S/C17H22N2O2/c1-4-21-16-8-6-5-7-15(16)19-14(12(2)3)10-9-13(11-18)17(19)20/h5-10,12H,4,11,18H2,1-3H3. The van der Waals surface area contributed by atoms with Crippen LogP contribution in [0.2, 0.25) is 0 Å². The normalized spacial score (nSPS) is 10.9. The molecule has 4 heteroatoms. The molecule has 2 aromatic rings. The van der Waals surface area contributed by atoms with Gasteiger partial charge in [-0.1, -0.05) is 32.0 Å². The van der Waals surface area contributed by atoms with Gasteiger partial charge in [-0.15, -0.1) is 0 Å². The first-order valence-electron chi connectivity index (χ1n) is 7.27. The predicted molar refractivity (Wildman–Crippen MR) is 85.2 cm³/mol. The molecule has 1 aromatic heterocycles. The Hall–Kier alpha value is -2.07. The number of hydrogen-bond donors (Lipinski definition) is 1. The molecule has 1 aromatic carbocycles. The second-order valence-corrected chi connectivity index (χ2v) is 5.18. The molecule has 2 rings (SSSR count). The van der Waals surface area contributed by atoms with Gasteiger partial charge in [0.15, 0.2) is 0 Å². The lowest BCUT2D eigenvalue weighted by Gasteiger charge is -2.19. The van der Waals surface area contributed by atoms with Crippen molar-refractivity contribution in [3.8, 4) is 11.4 Å². The summed E-state index contributed by atoms with van der Waals surface area (Å²) in [7, 11) is 0. The molecule has 0 aliphatic rings. The fraction of sp³-hybridized carbons (Fsp3) is 0.353. The average molecular weight is 286 g/mol. The van der Waals surface area contributed by atoms with E-state index in [0.717, 1.165) is 11.4 Å². The van der Waals surface area contributed by atoms with Gasteiger partial charge < -0.3 is 10.5 Å². The second kappa shape index (κ2) is 6.59. The Kier molecular flexibility index (Phi) is 4.81. The van der Waals surface area contributed by atoms with E-state index in [1.807, 2.05) is 43.3 Å². The van der Waals surface area contributed by atoms with Crippen LogP contribution in [0, 0.1) is 0 Å². The number of nitrogens with zero attached hydrogens (tertiary/aromatic N) is 1. The van der Waals surface area contributed by atoms with Crippen molar-refractivity contribution in [2.45, 2.75) is 33.2 Å². The van der Waals surface area contributed by atoms with Crippen molar-refractivity contribution >= 4 is 0 Å². The number of ether oxygens (including phenoxy) is 1. The molecule has 0 radical (unpaired) electrons. The van der Waals surface area contributed by atoms with Crippen LogP contribution in [0.3, 0.4) is 0 Å². The molecule has 0 bridgehead atoms. The summed E-state index contributed by atoms with van der Waals surface area (Å²) in [6, 6.07) is 11.4. The quantitative estimate of drug-likeness (QED) is 0.919. The van der Waals surface area contributed by atoms with Gasteiger partial charge in [0.25, 0.3) is 5.56 Å². The molecule has 0 fully saturated rings. The Morgan fingerprint density at radius 2 is 1.90 bits per heavy atom. The Morgan fingerprint density at radius 1 is 1.19 bits per heavy atom. The molecule has 1 heterocycles. The molecule has 2 N–H and O–H groups in total. The van der Waals surface area contributed by atoms with E-state index in [2.05, 4.69) is 13.8 Å². The van der Waals surface area contributed by atoms with Crippen LogP contribution < -0.4 is 16.0 Å². The smallest absolute Gasteiger partial charge is 0.259 e. The molecule has 0 amide bonds. The molecule has 0 spiro atoms. The number of benzene rings is 1. The van der Waals surface area contributed by atoms with Gasteiger partial charge >= 0.3 is 0 Å². The van der Waals surface area contributed by atoms with Gasteiger partial charge in [0.1, 0.15) is 5.75 Å². The van der Waals surface area contributed by atoms with Gasteiger partial charge in [0, 0.05) is 17.8 Å². The van der Waals surface area contributed by atoms with Crippen molar-refractivity contribution in [1.82, 2.24) is 4.57 Å². The van der Waals surface area contributed by atoms with Crippen molar-refractivity contribution in [2.24, 2.45) is 5.73 Å². The first-order valence-corrected chi connectivity index (χ1v) is 7.27. The third-order valence-corrected chi connectivity index (χ3v) is 3.41. The zero-order chi connectivity index (χ0) is 15.4. The largest absolute Gasteiger partial charge is 0.492 e. The van der Waals surface area contributed by atoms with E-state index in [0.29, 0.717) is 17.9 Å². The van der Waals surface area contributed by atoms with Gasteiger partial charge in [-0.25, -0.2) is 0 Å². The minimum atomic E-state index is -0.0733. The summed E-state index contributed by atoms with van der Waals surface area (Å²) in [5.74, 6) is 0.928. The Labute approximate surface area is 125 Å². The first-order chi connectivity index (χ1) is 10.1. The summed E-state index contributed by atoms with van der Waals surface area (Å²) in [5, 5.41) is 0. The molecular formula is C17H22N2O2. The van der Waals surface area contributed by atoms with Crippen LogP contribution in [-0.4, -0.2) is 11.2 Å². The van der Waals surface area contributed by atoms with Crippen molar-refractivity contribution in [2.75, 3.05) is 6.61 Å². The third kappa shape index (κ3) is 3.00. The lowest BCUT2D eigenvalue weighted by molar-refractivity contribution is 0.338. The maximum Gasteiger partial charge on any atom is 0.259 e. The van der Waals surface area contributed by atoms with Crippen LogP contribution in [0.1, 0.15) is 37.9 Å². The van der Waals surface area contributed by atoms with Gasteiger partial charge in [-0.05, 0) is 31.0 Å². The van der Waals surface area contributed by atoms with Crippen LogP contribution >= 0.6 is 0 Å². The van der Waals surface area contributed by atoms with Crippen molar-refractivity contribution in [3.63, 3.8) is 0 Å². The van der Waals surface area contributed by atoms with E-state index < -0.39 is 0 Å². The Balaban J connectivity index is 2.75. The van der Waals surface area contributed by atoms with Crippen molar-refractivity contribution in [1.29, 1.82) is 0 Å². The maximum absolute atomic E-state index is 12.7. The van der Waals surface area contributed by atoms with Gasteiger partial charge in [-0.2, -0.15) is 0 Å². The van der Waals surface area contributed by atoms with Gasteiger partial charge in [-0.3, -0.25) is 9.36 Å². The van der Waals surface area contributed by atoms with Crippen LogP contribution in [0.5, 0.6) is 5.75 Å². The third-order valence-electron chi connectivity index (χ3n) is 3.41. The summed E-state index contributed by atoms with van der Waals surface area (Å²) in [5.41, 5.74) is 7.92. The highest BCUT2D eigenvalue weighted by atomic mass is 16.5. The van der Waals surface area contributed by atoms with E-state index in [1.54, 1.807) is 4.57 Å². The highest BCUT2D eigenvalue weighted by molar-refractivity contribution is 5.48. The molecule has 0 saturated heterocycles. The molecule has 0 atom stereocenters. The summed E-state index contributed by atoms with van der Waals surface area (Å²) in [6.45, 7) is 6.85. The average Bonchev–Trinajstić information content (AvgIpc) is 2.48. The van der Waals surface area contributed by atoms with Crippen molar-refractivity contribution in [3.05, 3.63) is 58.0 Å². The molecule has 0 aliphatic carbocycles. The summed E-state index contributed by atoms with van der Waals surface area (Å²) < 4.78 is 7.38. The van der Waals surface area contributed by atoms with E-state index >= 15 is 0 Å². The van der Waals surface area contributed by atoms with Crippen LogP contribution in [-0.2, 0) is 6.54 Å². The zero-order valence-electron chi connectivity index (χ0n) is 12.8. The van der Waals surface area contributed by atoms with Crippen molar-refractivity contribution < 1.29 is 4.74 Å². The fourth-order valence-corrected chi connectivity index (χ4v) is 2.37. The zero-order valence-corrected chi connectivity index (χ0v) is 12.8. The van der Waals surface area contributed by atoms with E-state index in [9.17, 15) is 4.79 Å². The Morgan fingerprint density at radius 3 is 2.52 bits per heavy atom. The second-order valence-electron chi connectivity index (χ2n) is 5.18. The summed E-state index contributed by atoms with van der Waals surface area (Å²) in [6.07, 6.45) is 0. The summed E-state index contributed by atoms with van der Waals surface area (Å²) in [4.78, 5) is 12.7. The molecule has 0 aliphatic heterocycles. The van der Waals surface area contributed by atoms with E-state index in [1.165, 1.54) is 0 Å². The minimum Gasteiger partial charge on any atom is -0.492 e. The van der Waals surface area contributed by atoms with Crippen LogP contribution in [0.25, 0.3) is 5.69 Å². The molecule has 112 valence electrons. The maximum atomic E-state index is 12.7. The van der Waals surface area contributed by atoms with Crippen LogP contribution in [0.15, 0.2) is 41.2 Å². The Bertz CT molecular complexity index is 675. The lowest BCUT2D eigenvalue weighted by atomic mass is 10.1. The molecular weight excluding hydrogens is 264 g/mol. The SMILES string of the molecule is CCOc1ccccc1-n1c(C(C)C)ccc(CN)c1=O. The number of pyridine rings is 1. The van der Waals surface area contributed by atoms with Gasteiger partial charge in [0.2, 0.25) is 0 Å². The first kappa shape index (κ1) is 15.3. The monoisotopic (exact) mass is 286 g/mol. The lowest BCUT2D eigenvalue weighted by Crippen LogP contribution is -2.27. The number of nitrogens with two attached hydrogens (primary N) is 1. The molecule has 21 heavy (non-hydrogen) atoms. The molecule has 4 nitrogen and oxygen atoms in total. The van der Waals surface area contributed by atoms with E-state index in [4.69, 9.17) is 10.5 Å². The van der Waals surface area contributed by atoms with E-state index in [-0.39, 0.29) is 18.0 Å². The van der Waals surface area contributed by atoms with Crippen LogP contribution in [0.4, 0.5) is 0 Å². The highest BCUT2D eigenvalue weighted by Crippen LogP contribution is 2.25. The predicted octanol–water partition coefficient (Wildman–Crippen LogP) is 2.82. The molecule has 0 unspecified atom stereocenters. The number of hydrogen-bond acceptors (Lipinski definition) is 3. The topological polar surface area (TPSA) is 57.2 Å². The number of para-hydroxylation sites is 2. The number of aromatic nitrogens is 1. The van der Waals surface area contributed by atoms with Gasteiger partial charge in [0.05, 0.1) is 12.3 Å². The number of rotatable bonds is 5. The summed E-state index contributed by atoms with van der Waals surface area (Å²) >= 11 is 0. The fourth-order valence-electron chi connectivity index (χ4n) is 2.37. The highest BCUT2D eigenvalue weighted by Gasteiger charge is 2.15.